The second-order valence-electron chi connectivity index (χ2n) is 5.84. The van der Waals surface area contributed by atoms with E-state index in [1.54, 1.807) is 31.2 Å². The Morgan fingerprint density at radius 2 is 1.77 bits per heavy atom. The average Bonchev–Trinajstić information content (AvgIpc) is 2.56. The number of carbonyl (C=O) groups excluding carboxylic acids is 1. The maximum absolute atomic E-state index is 12.9. The van der Waals surface area contributed by atoms with Gasteiger partial charge in [0, 0.05) is 5.69 Å². The van der Waals surface area contributed by atoms with Crippen LogP contribution in [0.2, 0.25) is 0 Å². The molecule has 26 heavy (non-hydrogen) atoms. The monoisotopic (exact) mass is 365 g/mol. The molecule has 2 aromatic rings. The van der Waals surface area contributed by atoms with Crippen LogP contribution in [0, 0.1) is 0 Å². The molecule has 0 spiro atoms. The van der Waals surface area contributed by atoms with Crippen LogP contribution in [0.3, 0.4) is 0 Å². The van der Waals surface area contributed by atoms with Gasteiger partial charge in [-0.25, -0.2) is 0 Å². The first-order chi connectivity index (χ1) is 12.2. The molecule has 1 unspecified atom stereocenters. The molecule has 0 saturated heterocycles. The van der Waals surface area contributed by atoms with Gasteiger partial charge in [-0.3, -0.25) is 9.59 Å². The van der Waals surface area contributed by atoms with Gasteiger partial charge in [-0.05, 0) is 35.7 Å². The summed E-state index contributed by atoms with van der Waals surface area (Å²) in [6, 6.07) is 11.0. The lowest BCUT2D eigenvalue weighted by Gasteiger charge is -2.17. The van der Waals surface area contributed by atoms with Gasteiger partial charge < -0.3 is 10.4 Å². The van der Waals surface area contributed by atoms with Crippen molar-refractivity contribution < 1.29 is 27.9 Å². The highest BCUT2D eigenvalue weighted by Crippen LogP contribution is 2.32. The lowest BCUT2D eigenvalue weighted by Crippen LogP contribution is -2.21. The lowest BCUT2D eigenvalue weighted by molar-refractivity contribution is -0.138. The van der Waals surface area contributed by atoms with Crippen LogP contribution in [-0.4, -0.2) is 17.0 Å². The number of hydrogen-bond acceptors (Lipinski definition) is 2. The van der Waals surface area contributed by atoms with Crippen LogP contribution < -0.4 is 5.32 Å². The third kappa shape index (κ3) is 5.08. The van der Waals surface area contributed by atoms with E-state index in [1.165, 1.54) is 12.1 Å². The quantitative estimate of drug-likeness (QED) is 0.794. The van der Waals surface area contributed by atoms with E-state index in [1.807, 2.05) is 0 Å². The van der Waals surface area contributed by atoms with E-state index in [9.17, 15) is 22.8 Å². The summed E-state index contributed by atoms with van der Waals surface area (Å²) in [5, 5.41) is 11.4. The van der Waals surface area contributed by atoms with Crippen molar-refractivity contribution in [3.05, 3.63) is 65.2 Å². The molecule has 0 aliphatic heterocycles. The summed E-state index contributed by atoms with van der Waals surface area (Å²) in [6.45, 7) is 1.72. The second-order valence-corrected chi connectivity index (χ2v) is 5.84. The molecule has 2 aromatic carbocycles. The maximum atomic E-state index is 12.9. The summed E-state index contributed by atoms with van der Waals surface area (Å²) in [7, 11) is 0. The smallest absolute Gasteiger partial charge is 0.416 e. The van der Waals surface area contributed by atoms with Gasteiger partial charge in [0.25, 0.3) is 0 Å². The van der Waals surface area contributed by atoms with Crippen LogP contribution >= 0.6 is 0 Å². The Morgan fingerprint density at radius 1 is 1.12 bits per heavy atom. The molecule has 2 rings (SSSR count). The molecule has 0 aliphatic rings. The summed E-state index contributed by atoms with van der Waals surface area (Å²) in [6.07, 6.45) is -4.26. The Balaban J connectivity index is 2.15. The number of alkyl halides is 3. The number of carboxylic acid groups (broad SMARTS) is 1. The zero-order valence-electron chi connectivity index (χ0n) is 14.0. The summed E-state index contributed by atoms with van der Waals surface area (Å²) in [5.41, 5.74) is 0.538. The van der Waals surface area contributed by atoms with Gasteiger partial charge in [-0.1, -0.05) is 37.3 Å². The number of benzene rings is 2. The molecule has 1 amide bonds. The second kappa shape index (κ2) is 8.03. The number of halogens is 3. The van der Waals surface area contributed by atoms with Gasteiger partial charge in [-0.15, -0.1) is 0 Å². The molecule has 0 aromatic heterocycles. The Bertz CT molecular complexity index is 785. The summed E-state index contributed by atoms with van der Waals surface area (Å²) < 4.78 is 38.6. The summed E-state index contributed by atoms with van der Waals surface area (Å²) in [4.78, 5) is 23.1. The van der Waals surface area contributed by atoms with Crippen molar-refractivity contribution in [3.8, 4) is 0 Å². The number of amides is 1. The van der Waals surface area contributed by atoms with E-state index in [4.69, 9.17) is 5.11 Å². The van der Waals surface area contributed by atoms with Gasteiger partial charge in [0.05, 0.1) is 17.9 Å². The Hall–Kier alpha value is -2.83. The van der Waals surface area contributed by atoms with Crippen molar-refractivity contribution in [2.75, 3.05) is 5.32 Å². The SMILES string of the molecule is CCC(C(=O)Nc1ccc(CC(=O)O)cc1)c1cccc(C(F)(F)F)c1. The van der Waals surface area contributed by atoms with Crippen molar-refractivity contribution >= 4 is 17.6 Å². The van der Waals surface area contributed by atoms with Crippen LogP contribution in [-0.2, 0) is 22.2 Å². The van der Waals surface area contributed by atoms with Gasteiger partial charge in [0.1, 0.15) is 0 Å². The van der Waals surface area contributed by atoms with Crippen LogP contribution in [0.15, 0.2) is 48.5 Å². The molecule has 2 N–H and O–H groups in total. The van der Waals surface area contributed by atoms with E-state index in [0.717, 1.165) is 12.1 Å². The highest BCUT2D eigenvalue weighted by Gasteiger charge is 2.31. The largest absolute Gasteiger partial charge is 0.481 e. The number of carbonyl (C=O) groups is 2. The van der Waals surface area contributed by atoms with E-state index in [2.05, 4.69) is 5.32 Å². The van der Waals surface area contributed by atoms with E-state index in [-0.39, 0.29) is 6.42 Å². The minimum absolute atomic E-state index is 0.129. The number of nitrogens with one attached hydrogen (secondary N) is 1. The molecule has 0 aliphatic carbocycles. The number of hydrogen-bond donors (Lipinski definition) is 2. The predicted octanol–water partition coefficient (Wildman–Crippen LogP) is 4.46. The van der Waals surface area contributed by atoms with Crippen LogP contribution in [0.4, 0.5) is 18.9 Å². The van der Waals surface area contributed by atoms with Gasteiger partial charge in [0.15, 0.2) is 0 Å². The molecule has 138 valence electrons. The first-order valence-electron chi connectivity index (χ1n) is 7.99. The molecule has 0 bridgehead atoms. The van der Waals surface area contributed by atoms with Crippen LogP contribution in [0.25, 0.3) is 0 Å². The minimum Gasteiger partial charge on any atom is -0.481 e. The zero-order valence-corrected chi connectivity index (χ0v) is 14.0. The molecule has 0 heterocycles. The molecular weight excluding hydrogens is 347 g/mol. The first-order valence-corrected chi connectivity index (χ1v) is 7.99. The first kappa shape index (κ1) is 19.5. The molecule has 1 atom stereocenters. The number of carboxylic acids is 1. The number of rotatable bonds is 6. The Morgan fingerprint density at radius 3 is 2.31 bits per heavy atom. The van der Waals surface area contributed by atoms with E-state index < -0.39 is 29.5 Å². The predicted molar refractivity (Wildman–Crippen MR) is 90.9 cm³/mol. The van der Waals surface area contributed by atoms with Crippen LogP contribution in [0.1, 0.15) is 36.0 Å². The summed E-state index contributed by atoms with van der Waals surface area (Å²) >= 11 is 0. The van der Waals surface area contributed by atoms with Gasteiger partial charge >= 0.3 is 12.1 Å². The summed E-state index contributed by atoms with van der Waals surface area (Å²) in [5.74, 6) is -2.11. The van der Waals surface area contributed by atoms with Crippen molar-refractivity contribution in [2.45, 2.75) is 31.9 Å². The van der Waals surface area contributed by atoms with Crippen molar-refractivity contribution in [2.24, 2.45) is 0 Å². The molecule has 0 saturated carbocycles. The molecule has 7 heteroatoms. The molecular formula is C19H18F3NO3. The molecule has 0 fully saturated rings. The highest BCUT2D eigenvalue weighted by molar-refractivity contribution is 5.95. The van der Waals surface area contributed by atoms with Crippen molar-refractivity contribution in [1.82, 2.24) is 0 Å². The van der Waals surface area contributed by atoms with Gasteiger partial charge in [-0.2, -0.15) is 13.2 Å². The fraction of sp³-hybridized carbons (Fsp3) is 0.263. The lowest BCUT2D eigenvalue weighted by atomic mass is 9.94. The standard InChI is InChI=1S/C19H18F3NO3/c1-2-16(13-4-3-5-14(11-13)19(20,21)22)18(26)23-15-8-6-12(7-9-15)10-17(24)25/h3-9,11,16H,2,10H2,1H3,(H,23,26)(H,24,25). The minimum atomic E-state index is -4.47. The van der Waals surface area contributed by atoms with Gasteiger partial charge in [0.2, 0.25) is 5.91 Å². The fourth-order valence-electron chi connectivity index (χ4n) is 2.61. The Kier molecular flexibility index (Phi) is 6.02. The average molecular weight is 365 g/mol. The maximum Gasteiger partial charge on any atom is 0.416 e. The highest BCUT2D eigenvalue weighted by atomic mass is 19.4. The van der Waals surface area contributed by atoms with Crippen LogP contribution in [0.5, 0.6) is 0 Å². The topological polar surface area (TPSA) is 66.4 Å². The Labute approximate surface area is 148 Å². The molecule has 4 nitrogen and oxygen atoms in total. The number of anilines is 1. The van der Waals surface area contributed by atoms with E-state index >= 15 is 0 Å². The third-order valence-electron chi connectivity index (χ3n) is 3.92. The van der Waals surface area contributed by atoms with Crippen molar-refractivity contribution in [1.29, 1.82) is 0 Å². The van der Waals surface area contributed by atoms with Crippen molar-refractivity contribution in [3.63, 3.8) is 0 Å². The molecule has 0 radical (unpaired) electrons. The van der Waals surface area contributed by atoms with E-state index in [0.29, 0.717) is 23.2 Å². The fourth-order valence-corrected chi connectivity index (χ4v) is 2.61. The zero-order chi connectivity index (χ0) is 19.3. The third-order valence-corrected chi connectivity index (χ3v) is 3.92. The normalized spacial score (nSPS) is 12.5. The number of aliphatic carboxylic acids is 1.